The molecule has 0 aliphatic carbocycles. The number of hydrogen-bond acceptors (Lipinski definition) is 4. The summed E-state index contributed by atoms with van der Waals surface area (Å²) in [7, 11) is 0. The van der Waals surface area contributed by atoms with Crippen molar-refractivity contribution >= 4 is 17.2 Å². The van der Waals surface area contributed by atoms with Gasteiger partial charge in [0.2, 0.25) is 0 Å². The zero-order valence-electron chi connectivity index (χ0n) is 14.9. The van der Waals surface area contributed by atoms with Crippen LogP contribution in [-0.2, 0) is 0 Å². The summed E-state index contributed by atoms with van der Waals surface area (Å²) < 4.78 is 0. The maximum absolute atomic E-state index is 13.0. The zero-order chi connectivity index (χ0) is 17.9. The number of hydrogen-bond donors (Lipinski definition) is 0. The fourth-order valence-electron chi connectivity index (χ4n) is 4.14. The van der Waals surface area contributed by atoms with Crippen LogP contribution in [0.25, 0.3) is 11.1 Å². The molecular formula is C21H23N3OS. The molecule has 2 aliphatic rings. The van der Waals surface area contributed by atoms with E-state index in [1.807, 2.05) is 35.7 Å². The smallest absolute Gasteiger partial charge is 0.254 e. The number of carbonyl (C=O) groups excluding carboxylic acids is 1. The fourth-order valence-corrected chi connectivity index (χ4v) is 4.84. The van der Waals surface area contributed by atoms with E-state index in [9.17, 15) is 10.1 Å². The van der Waals surface area contributed by atoms with E-state index < -0.39 is 0 Å². The Morgan fingerprint density at radius 3 is 2.62 bits per heavy atom. The molecule has 0 bridgehead atoms. The summed E-state index contributed by atoms with van der Waals surface area (Å²) in [4.78, 5) is 18.3. The minimum absolute atomic E-state index is 0.143. The van der Waals surface area contributed by atoms with Crippen molar-refractivity contribution in [1.29, 1.82) is 5.26 Å². The maximum atomic E-state index is 13.0. The van der Waals surface area contributed by atoms with Gasteiger partial charge in [-0.05, 0) is 67.9 Å². The topological polar surface area (TPSA) is 47.3 Å². The molecule has 0 radical (unpaired) electrons. The summed E-state index contributed by atoms with van der Waals surface area (Å²) in [5.41, 5.74) is 2.69. The van der Waals surface area contributed by atoms with Crippen molar-refractivity contribution in [3.05, 3.63) is 46.2 Å². The van der Waals surface area contributed by atoms with Crippen LogP contribution in [0.3, 0.4) is 0 Å². The van der Waals surface area contributed by atoms with E-state index in [-0.39, 0.29) is 5.91 Å². The van der Waals surface area contributed by atoms with Crippen molar-refractivity contribution in [1.82, 2.24) is 9.80 Å². The molecule has 26 heavy (non-hydrogen) atoms. The molecule has 134 valence electrons. The van der Waals surface area contributed by atoms with Gasteiger partial charge in [-0.15, -0.1) is 11.3 Å². The summed E-state index contributed by atoms with van der Waals surface area (Å²) in [5.74, 6) is 0.143. The van der Waals surface area contributed by atoms with Crippen molar-refractivity contribution in [3.63, 3.8) is 0 Å². The van der Waals surface area contributed by atoms with E-state index in [1.165, 1.54) is 37.3 Å². The largest absolute Gasteiger partial charge is 0.334 e. The van der Waals surface area contributed by atoms with Crippen LogP contribution in [0.15, 0.2) is 35.7 Å². The Labute approximate surface area is 158 Å². The van der Waals surface area contributed by atoms with Crippen LogP contribution >= 0.6 is 11.3 Å². The molecule has 3 heterocycles. The Morgan fingerprint density at radius 1 is 1.12 bits per heavy atom. The molecule has 1 amide bonds. The lowest BCUT2D eigenvalue weighted by Crippen LogP contribution is -2.42. The number of carbonyl (C=O) groups is 1. The van der Waals surface area contributed by atoms with Gasteiger partial charge in [0.05, 0.1) is 0 Å². The van der Waals surface area contributed by atoms with Gasteiger partial charge < -0.3 is 9.80 Å². The van der Waals surface area contributed by atoms with Crippen LogP contribution in [0.4, 0.5) is 0 Å². The van der Waals surface area contributed by atoms with Crippen LogP contribution in [-0.4, -0.2) is 47.9 Å². The predicted octanol–water partition coefficient (Wildman–Crippen LogP) is 3.99. The molecule has 1 unspecified atom stereocenters. The summed E-state index contributed by atoms with van der Waals surface area (Å²) in [5, 5.41) is 11.1. The van der Waals surface area contributed by atoms with E-state index in [0.717, 1.165) is 42.6 Å². The molecule has 0 spiro atoms. The van der Waals surface area contributed by atoms with Gasteiger partial charge in [0, 0.05) is 30.3 Å². The summed E-state index contributed by atoms with van der Waals surface area (Å²) in [6.45, 7) is 4.23. The molecule has 1 aromatic heterocycles. The van der Waals surface area contributed by atoms with Crippen LogP contribution < -0.4 is 0 Å². The fraction of sp³-hybridized carbons (Fsp3) is 0.429. The first-order chi connectivity index (χ1) is 12.8. The third-order valence-corrected chi connectivity index (χ3v) is 6.33. The molecule has 0 saturated carbocycles. The minimum atomic E-state index is 0.143. The number of rotatable bonds is 4. The second kappa shape index (κ2) is 7.61. The van der Waals surface area contributed by atoms with Gasteiger partial charge in [-0.3, -0.25) is 4.79 Å². The van der Waals surface area contributed by atoms with E-state index >= 15 is 0 Å². The SMILES string of the molecule is N#Cc1sccc1-c1ccc(C(=O)N2CCCC2CN2CCCC2)cc1. The lowest BCUT2D eigenvalue weighted by Gasteiger charge is -2.28. The van der Waals surface area contributed by atoms with Crippen LogP contribution in [0.1, 0.15) is 40.9 Å². The van der Waals surface area contributed by atoms with Gasteiger partial charge in [0.25, 0.3) is 5.91 Å². The molecule has 2 aliphatic heterocycles. The molecule has 2 aromatic rings. The lowest BCUT2D eigenvalue weighted by molar-refractivity contribution is 0.0709. The van der Waals surface area contributed by atoms with Crippen LogP contribution in [0, 0.1) is 11.3 Å². The monoisotopic (exact) mass is 365 g/mol. The number of benzene rings is 1. The highest BCUT2D eigenvalue weighted by Crippen LogP contribution is 2.29. The van der Waals surface area contributed by atoms with Gasteiger partial charge in [-0.2, -0.15) is 5.26 Å². The van der Waals surface area contributed by atoms with Gasteiger partial charge in [-0.25, -0.2) is 0 Å². The van der Waals surface area contributed by atoms with Gasteiger partial charge in [-0.1, -0.05) is 12.1 Å². The first-order valence-electron chi connectivity index (χ1n) is 9.37. The van der Waals surface area contributed by atoms with Gasteiger partial charge in [0.1, 0.15) is 10.9 Å². The maximum Gasteiger partial charge on any atom is 0.254 e. The highest BCUT2D eigenvalue weighted by Gasteiger charge is 2.31. The standard InChI is InChI=1S/C21H23N3OS/c22-14-20-19(9-13-26-20)16-5-7-17(8-6-16)21(25)24-12-3-4-18(24)15-23-10-1-2-11-23/h5-9,13,18H,1-4,10-12,15H2. The predicted molar refractivity (Wildman–Crippen MR) is 104 cm³/mol. The molecule has 2 fully saturated rings. The van der Waals surface area contributed by atoms with Gasteiger partial charge >= 0.3 is 0 Å². The Bertz CT molecular complexity index is 815. The van der Waals surface area contributed by atoms with Crippen molar-refractivity contribution in [3.8, 4) is 17.2 Å². The Morgan fingerprint density at radius 2 is 1.88 bits per heavy atom. The van der Waals surface area contributed by atoms with Gasteiger partial charge in [0.15, 0.2) is 0 Å². The molecule has 1 atom stereocenters. The Hall–Kier alpha value is -2.16. The third kappa shape index (κ3) is 3.40. The summed E-state index contributed by atoms with van der Waals surface area (Å²) in [6.07, 6.45) is 4.79. The zero-order valence-corrected chi connectivity index (χ0v) is 15.7. The number of likely N-dealkylation sites (tertiary alicyclic amines) is 2. The third-order valence-electron chi connectivity index (χ3n) is 5.52. The van der Waals surface area contributed by atoms with Crippen LogP contribution in [0.2, 0.25) is 0 Å². The normalized spacial score (nSPS) is 20.4. The Balaban J connectivity index is 1.48. The first-order valence-corrected chi connectivity index (χ1v) is 10.3. The van der Waals surface area contributed by atoms with Crippen molar-refractivity contribution in [2.45, 2.75) is 31.7 Å². The Kier molecular flexibility index (Phi) is 5.05. The van der Waals surface area contributed by atoms with E-state index in [1.54, 1.807) is 0 Å². The second-order valence-corrected chi connectivity index (χ2v) is 8.07. The number of nitriles is 1. The lowest BCUT2D eigenvalue weighted by atomic mass is 10.0. The van der Waals surface area contributed by atoms with E-state index in [0.29, 0.717) is 10.9 Å². The average Bonchev–Trinajstić information content (AvgIpc) is 3.43. The number of thiophene rings is 1. The summed E-state index contributed by atoms with van der Waals surface area (Å²) >= 11 is 1.45. The highest BCUT2D eigenvalue weighted by atomic mass is 32.1. The van der Waals surface area contributed by atoms with Crippen LogP contribution in [0.5, 0.6) is 0 Å². The minimum Gasteiger partial charge on any atom is -0.334 e. The molecule has 5 heteroatoms. The van der Waals surface area contributed by atoms with E-state index in [2.05, 4.69) is 15.9 Å². The highest BCUT2D eigenvalue weighted by molar-refractivity contribution is 7.11. The summed E-state index contributed by atoms with van der Waals surface area (Å²) in [6, 6.07) is 12.3. The van der Waals surface area contributed by atoms with Crippen molar-refractivity contribution < 1.29 is 4.79 Å². The van der Waals surface area contributed by atoms with Crippen molar-refractivity contribution in [2.24, 2.45) is 0 Å². The average molecular weight is 366 g/mol. The van der Waals surface area contributed by atoms with E-state index in [4.69, 9.17) is 0 Å². The molecule has 2 saturated heterocycles. The first kappa shape index (κ1) is 17.3. The van der Waals surface area contributed by atoms with Crippen molar-refractivity contribution in [2.75, 3.05) is 26.2 Å². The second-order valence-electron chi connectivity index (χ2n) is 7.15. The molecule has 1 aromatic carbocycles. The molecular weight excluding hydrogens is 342 g/mol. The quantitative estimate of drug-likeness (QED) is 0.823. The molecule has 4 nitrogen and oxygen atoms in total. The number of amides is 1. The molecule has 4 rings (SSSR count). The number of nitrogens with zero attached hydrogens (tertiary/aromatic N) is 3. The molecule has 0 N–H and O–H groups in total.